The predicted molar refractivity (Wildman–Crippen MR) is 64.3 cm³/mol. The number of imidazole rings is 1. The van der Waals surface area contributed by atoms with Gasteiger partial charge in [-0.05, 0) is 37.0 Å². The van der Waals surface area contributed by atoms with E-state index in [4.69, 9.17) is 0 Å². The Bertz CT molecular complexity index is 514. The van der Waals surface area contributed by atoms with Crippen LogP contribution in [-0.4, -0.2) is 19.9 Å². The van der Waals surface area contributed by atoms with E-state index in [-0.39, 0.29) is 0 Å². The largest absolute Gasteiger partial charge is 0.339 e. The van der Waals surface area contributed by atoms with Crippen LogP contribution in [0.2, 0.25) is 0 Å². The molecular formula is C13H16N4. The highest BCUT2D eigenvalue weighted by atomic mass is 15.0. The highest BCUT2D eigenvalue weighted by Crippen LogP contribution is 2.49. The lowest BCUT2D eigenvalue weighted by Gasteiger charge is -2.20. The van der Waals surface area contributed by atoms with Crippen LogP contribution in [0, 0.1) is 17.8 Å². The first kappa shape index (κ1) is 9.57. The normalized spacial score (nSPS) is 31.4. The molecule has 2 saturated carbocycles. The van der Waals surface area contributed by atoms with E-state index < -0.39 is 0 Å². The first-order valence-electron chi connectivity index (χ1n) is 6.53. The zero-order chi connectivity index (χ0) is 11.2. The highest BCUT2D eigenvalue weighted by molar-refractivity contribution is 5.68. The zero-order valence-corrected chi connectivity index (χ0v) is 9.76. The van der Waals surface area contributed by atoms with Crippen LogP contribution >= 0.6 is 0 Å². The molecule has 3 atom stereocenters. The summed E-state index contributed by atoms with van der Waals surface area (Å²) in [5, 5.41) is 0. The van der Waals surface area contributed by atoms with Gasteiger partial charge >= 0.3 is 0 Å². The van der Waals surface area contributed by atoms with Crippen molar-refractivity contribution in [3.05, 3.63) is 18.3 Å². The smallest absolute Gasteiger partial charge is 0.180 e. The van der Waals surface area contributed by atoms with Gasteiger partial charge in [-0.3, -0.25) is 0 Å². The lowest BCUT2D eigenvalue weighted by Crippen LogP contribution is -2.13. The maximum absolute atomic E-state index is 4.55. The van der Waals surface area contributed by atoms with Gasteiger partial charge in [0.15, 0.2) is 5.65 Å². The minimum absolute atomic E-state index is 0.804. The van der Waals surface area contributed by atoms with Crippen molar-refractivity contribution in [2.45, 2.75) is 32.1 Å². The molecular weight excluding hydrogens is 212 g/mol. The summed E-state index contributed by atoms with van der Waals surface area (Å²) in [5.41, 5.74) is 1.77. The molecule has 0 aliphatic heterocycles. The van der Waals surface area contributed by atoms with Gasteiger partial charge in [0.1, 0.15) is 17.7 Å². The number of aromatic nitrogens is 4. The summed E-state index contributed by atoms with van der Waals surface area (Å²) in [7, 11) is 0. The van der Waals surface area contributed by atoms with Gasteiger partial charge in [-0.15, -0.1) is 0 Å². The van der Waals surface area contributed by atoms with Gasteiger partial charge in [-0.1, -0.05) is 6.42 Å². The van der Waals surface area contributed by atoms with Crippen LogP contribution in [-0.2, 0) is 6.42 Å². The summed E-state index contributed by atoms with van der Waals surface area (Å²) in [6.45, 7) is 0. The van der Waals surface area contributed by atoms with Crippen molar-refractivity contribution in [2.75, 3.05) is 0 Å². The number of hydrogen-bond acceptors (Lipinski definition) is 3. The summed E-state index contributed by atoms with van der Waals surface area (Å²) in [4.78, 5) is 16.1. The van der Waals surface area contributed by atoms with E-state index in [0.717, 1.165) is 41.2 Å². The van der Waals surface area contributed by atoms with Crippen molar-refractivity contribution in [2.24, 2.45) is 17.8 Å². The van der Waals surface area contributed by atoms with E-state index in [9.17, 15) is 0 Å². The monoisotopic (exact) mass is 228 g/mol. The second kappa shape index (κ2) is 3.52. The van der Waals surface area contributed by atoms with Crippen LogP contribution in [0.3, 0.4) is 0 Å². The summed E-state index contributed by atoms with van der Waals surface area (Å²) >= 11 is 0. The van der Waals surface area contributed by atoms with Crippen LogP contribution in [0.1, 0.15) is 31.5 Å². The molecule has 17 heavy (non-hydrogen) atoms. The lowest BCUT2D eigenvalue weighted by molar-refractivity contribution is 0.327. The van der Waals surface area contributed by atoms with Crippen molar-refractivity contribution in [1.29, 1.82) is 0 Å². The van der Waals surface area contributed by atoms with Crippen LogP contribution in [0.4, 0.5) is 0 Å². The molecule has 2 aliphatic carbocycles. The number of rotatable bonds is 2. The maximum atomic E-state index is 4.55. The molecule has 0 spiro atoms. The quantitative estimate of drug-likeness (QED) is 0.858. The van der Waals surface area contributed by atoms with E-state index in [0.29, 0.717) is 0 Å². The Kier molecular flexibility index (Phi) is 1.98. The van der Waals surface area contributed by atoms with Crippen LogP contribution < -0.4 is 0 Å². The number of aromatic amines is 1. The molecule has 3 unspecified atom stereocenters. The molecule has 4 nitrogen and oxygen atoms in total. The first-order valence-corrected chi connectivity index (χ1v) is 6.53. The Morgan fingerprint density at radius 1 is 1.29 bits per heavy atom. The van der Waals surface area contributed by atoms with Gasteiger partial charge in [0.05, 0.1) is 6.20 Å². The molecule has 0 amide bonds. The molecule has 2 fully saturated rings. The molecule has 2 aromatic heterocycles. The number of nitrogens with zero attached hydrogens (tertiary/aromatic N) is 3. The van der Waals surface area contributed by atoms with E-state index in [1.54, 1.807) is 12.5 Å². The standard InChI is InChI=1S/C13H16N4/c1-2-9-3-8(1)4-10(9)5-12-16-11-6-14-7-15-13(11)17-12/h6-10H,1-5H2,(H,14,15,16,17). The molecule has 2 bridgehead atoms. The molecule has 0 aromatic carbocycles. The Balaban J connectivity index is 1.59. The van der Waals surface area contributed by atoms with Crippen LogP contribution in [0.15, 0.2) is 12.5 Å². The summed E-state index contributed by atoms with van der Waals surface area (Å²) in [6.07, 6.45) is 10.2. The Morgan fingerprint density at radius 2 is 2.29 bits per heavy atom. The van der Waals surface area contributed by atoms with E-state index >= 15 is 0 Å². The van der Waals surface area contributed by atoms with E-state index in [1.165, 1.54) is 25.7 Å². The number of hydrogen-bond donors (Lipinski definition) is 1. The number of nitrogens with one attached hydrogen (secondary N) is 1. The fourth-order valence-corrected chi connectivity index (χ4v) is 3.78. The van der Waals surface area contributed by atoms with Gasteiger partial charge in [-0.25, -0.2) is 15.0 Å². The molecule has 0 saturated heterocycles. The third kappa shape index (κ3) is 1.54. The molecule has 88 valence electrons. The van der Waals surface area contributed by atoms with Gasteiger partial charge in [-0.2, -0.15) is 0 Å². The average Bonchev–Trinajstić information content (AvgIpc) is 3.01. The summed E-state index contributed by atoms with van der Waals surface area (Å²) in [5.74, 6) is 3.91. The molecule has 2 aliphatic rings. The fraction of sp³-hybridized carbons (Fsp3) is 0.615. The van der Waals surface area contributed by atoms with Crippen molar-refractivity contribution < 1.29 is 0 Å². The zero-order valence-electron chi connectivity index (χ0n) is 9.76. The van der Waals surface area contributed by atoms with Crippen LogP contribution in [0.5, 0.6) is 0 Å². The molecule has 0 radical (unpaired) electrons. The SMILES string of the molecule is c1ncc2[nH]c(CC3CC4CCC3C4)nc2n1. The van der Waals surface area contributed by atoms with Crippen LogP contribution in [0.25, 0.3) is 11.2 Å². The third-order valence-corrected chi connectivity index (χ3v) is 4.55. The fourth-order valence-electron chi connectivity index (χ4n) is 3.78. The van der Waals surface area contributed by atoms with E-state index in [2.05, 4.69) is 19.9 Å². The minimum atomic E-state index is 0.804. The maximum Gasteiger partial charge on any atom is 0.180 e. The summed E-state index contributed by atoms with van der Waals surface area (Å²) in [6, 6.07) is 0. The third-order valence-electron chi connectivity index (χ3n) is 4.55. The van der Waals surface area contributed by atoms with Gasteiger partial charge < -0.3 is 4.98 Å². The molecule has 4 rings (SSSR count). The Morgan fingerprint density at radius 3 is 3.06 bits per heavy atom. The van der Waals surface area contributed by atoms with Crippen molar-refractivity contribution in [1.82, 2.24) is 19.9 Å². The topological polar surface area (TPSA) is 54.5 Å². The predicted octanol–water partition coefficient (Wildman–Crippen LogP) is 2.33. The van der Waals surface area contributed by atoms with Crippen molar-refractivity contribution >= 4 is 11.2 Å². The van der Waals surface area contributed by atoms with Gasteiger partial charge in [0.25, 0.3) is 0 Å². The average molecular weight is 228 g/mol. The molecule has 2 aromatic rings. The Hall–Kier alpha value is -1.45. The number of fused-ring (bicyclic) bond motifs is 3. The van der Waals surface area contributed by atoms with Gasteiger partial charge in [0, 0.05) is 6.42 Å². The second-order valence-electron chi connectivity index (χ2n) is 5.58. The lowest BCUT2D eigenvalue weighted by atomic mass is 9.86. The highest BCUT2D eigenvalue weighted by Gasteiger charge is 2.39. The minimum Gasteiger partial charge on any atom is -0.339 e. The molecule has 2 heterocycles. The number of H-pyrrole nitrogens is 1. The van der Waals surface area contributed by atoms with Gasteiger partial charge in [0.2, 0.25) is 0 Å². The Labute approximate surface area is 99.9 Å². The van der Waals surface area contributed by atoms with E-state index in [1.807, 2.05) is 0 Å². The molecule has 1 N–H and O–H groups in total. The van der Waals surface area contributed by atoms with Crippen molar-refractivity contribution in [3.63, 3.8) is 0 Å². The first-order chi connectivity index (χ1) is 8.38. The van der Waals surface area contributed by atoms with Crippen molar-refractivity contribution in [3.8, 4) is 0 Å². The summed E-state index contributed by atoms with van der Waals surface area (Å²) < 4.78 is 0. The molecule has 4 heteroatoms. The second-order valence-corrected chi connectivity index (χ2v) is 5.58.